The zero-order valence-electron chi connectivity index (χ0n) is 17.7. The molecule has 146 valence electrons. The number of hydrogen-bond donors (Lipinski definition) is 1. The van der Waals surface area contributed by atoms with Crippen LogP contribution >= 0.6 is 0 Å². The average molecular weight is 357 g/mol. The minimum Gasteiger partial charge on any atom is -0.396 e. The first kappa shape index (κ1) is 19.9. The van der Waals surface area contributed by atoms with Crippen LogP contribution in [-0.4, -0.2) is 11.7 Å². The Morgan fingerprint density at radius 1 is 1.15 bits per heavy atom. The van der Waals surface area contributed by atoms with Crippen LogP contribution in [0.2, 0.25) is 0 Å². The van der Waals surface area contributed by atoms with Gasteiger partial charge in [-0.2, -0.15) is 0 Å². The van der Waals surface area contributed by atoms with E-state index in [2.05, 4.69) is 52.8 Å². The molecule has 3 aliphatic rings. The van der Waals surface area contributed by atoms with E-state index in [0.29, 0.717) is 35.7 Å². The normalized spacial score (nSPS) is 39.7. The molecular weight excluding hydrogens is 316 g/mol. The predicted molar refractivity (Wildman–Crippen MR) is 112 cm³/mol. The Morgan fingerprint density at radius 2 is 1.92 bits per heavy atom. The summed E-state index contributed by atoms with van der Waals surface area (Å²) in [5.41, 5.74) is 5.23. The summed E-state index contributed by atoms with van der Waals surface area (Å²) in [5.74, 6) is 3.23. The molecule has 2 fully saturated rings. The maximum absolute atomic E-state index is 9.79. The molecule has 6 unspecified atom stereocenters. The zero-order chi connectivity index (χ0) is 18.9. The van der Waals surface area contributed by atoms with Gasteiger partial charge in [0.05, 0.1) is 0 Å². The summed E-state index contributed by atoms with van der Waals surface area (Å²) in [6, 6.07) is 0. The van der Waals surface area contributed by atoms with Crippen molar-refractivity contribution in [2.24, 2.45) is 35.0 Å². The van der Waals surface area contributed by atoms with Crippen LogP contribution in [0.1, 0.15) is 79.6 Å². The van der Waals surface area contributed by atoms with Crippen LogP contribution in [0, 0.1) is 35.0 Å². The van der Waals surface area contributed by atoms with E-state index >= 15 is 0 Å². The maximum atomic E-state index is 9.79. The second-order valence-corrected chi connectivity index (χ2v) is 10.0. The Hall–Kier alpha value is -0.820. The molecule has 0 aromatic heterocycles. The predicted octanol–water partition coefficient (Wildman–Crippen LogP) is 6.70. The van der Waals surface area contributed by atoms with Crippen LogP contribution < -0.4 is 0 Å². The van der Waals surface area contributed by atoms with Gasteiger partial charge in [-0.25, -0.2) is 0 Å². The molecule has 0 saturated heterocycles. The van der Waals surface area contributed by atoms with Crippen LogP contribution in [-0.2, 0) is 0 Å². The van der Waals surface area contributed by atoms with Crippen molar-refractivity contribution in [3.63, 3.8) is 0 Å². The monoisotopic (exact) mass is 356 g/mol. The Morgan fingerprint density at radius 3 is 2.65 bits per heavy atom. The fraction of sp³-hybridized carbons (Fsp3) is 0.760. The second-order valence-electron chi connectivity index (χ2n) is 10.0. The van der Waals surface area contributed by atoms with Crippen molar-refractivity contribution in [3.05, 3.63) is 34.9 Å². The van der Waals surface area contributed by atoms with E-state index in [-0.39, 0.29) is 0 Å². The molecule has 0 heterocycles. The fourth-order valence-corrected chi connectivity index (χ4v) is 6.08. The summed E-state index contributed by atoms with van der Waals surface area (Å²) in [6.07, 6.45) is 16.5. The molecule has 0 aliphatic heterocycles. The first-order valence-electron chi connectivity index (χ1n) is 11.0. The Bertz CT molecular complexity index is 595. The second kappa shape index (κ2) is 8.05. The van der Waals surface area contributed by atoms with Gasteiger partial charge in [-0.05, 0) is 87.9 Å². The Labute approximate surface area is 161 Å². The third kappa shape index (κ3) is 3.88. The third-order valence-corrected chi connectivity index (χ3v) is 8.16. The van der Waals surface area contributed by atoms with E-state index in [0.717, 1.165) is 12.3 Å². The van der Waals surface area contributed by atoms with Crippen molar-refractivity contribution < 1.29 is 5.11 Å². The summed E-state index contributed by atoms with van der Waals surface area (Å²) in [6.45, 7) is 12.2. The smallest absolute Gasteiger partial charge is 0.0459 e. The lowest BCUT2D eigenvalue weighted by Gasteiger charge is -2.35. The van der Waals surface area contributed by atoms with Crippen molar-refractivity contribution in [1.29, 1.82) is 0 Å². The van der Waals surface area contributed by atoms with Gasteiger partial charge < -0.3 is 5.11 Å². The van der Waals surface area contributed by atoms with Gasteiger partial charge in [0.15, 0.2) is 0 Å². The summed E-state index contributed by atoms with van der Waals surface area (Å²) in [4.78, 5) is 0. The first-order chi connectivity index (χ1) is 12.4. The van der Waals surface area contributed by atoms with Crippen LogP contribution in [0.3, 0.4) is 0 Å². The largest absolute Gasteiger partial charge is 0.396 e. The van der Waals surface area contributed by atoms with E-state index in [1.54, 1.807) is 11.1 Å². The Balaban J connectivity index is 1.94. The number of aliphatic hydroxyl groups excluding tert-OH is 1. The topological polar surface area (TPSA) is 20.2 Å². The van der Waals surface area contributed by atoms with Crippen LogP contribution in [0.5, 0.6) is 0 Å². The molecule has 6 atom stereocenters. The van der Waals surface area contributed by atoms with Gasteiger partial charge in [0.2, 0.25) is 0 Å². The summed E-state index contributed by atoms with van der Waals surface area (Å²) < 4.78 is 0. The molecule has 0 amide bonds. The SMILES string of the molecule is CC1=CCC2(C)CCC(C(C)CO)C2CC=C(C)C2CCC(C)C2=CC1. The average Bonchev–Trinajstić information content (AvgIpc) is 3.15. The van der Waals surface area contributed by atoms with Crippen molar-refractivity contribution in [1.82, 2.24) is 0 Å². The van der Waals surface area contributed by atoms with Gasteiger partial charge >= 0.3 is 0 Å². The lowest BCUT2D eigenvalue weighted by molar-refractivity contribution is 0.122. The number of fused-ring (bicyclic) bond motifs is 2. The number of hydrogen-bond acceptors (Lipinski definition) is 1. The van der Waals surface area contributed by atoms with Crippen LogP contribution in [0.25, 0.3) is 0 Å². The number of rotatable bonds is 2. The van der Waals surface area contributed by atoms with Gasteiger partial charge in [0.1, 0.15) is 0 Å². The van der Waals surface area contributed by atoms with E-state index in [4.69, 9.17) is 0 Å². The lowest BCUT2D eigenvalue weighted by Crippen LogP contribution is -2.29. The molecule has 0 bridgehead atoms. The molecule has 3 aliphatic carbocycles. The van der Waals surface area contributed by atoms with Gasteiger partial charge in [0.25, 0.3) is 0 Å². The lowest BCUT2D eigenvalue weighted by atomic mass is 9.69. The van der Waals surface area contributed by atoms with E-state index in [1.165, 1.54) is 44.1 Å². The van der Waals surface area contributed by atoms with Crippen LogP contribution in [0.4, 0.5) is 0 Å². The van der Waals surface area contributed by atoms with Crippen molar-refractivity contribution >= 4 is 0 Å². The molecule has 1 N–H and O–H groups in total. The van der Waals surface area contributed by atoms with E-state index < -0.39 is 0 Å². The maximum Gasteiger partial charge on any atom is 0.0459 e. The molecule has 1 nitrogen and oxygen atoms in total. The molecule has 2 saturated carbocycles. The molecule has 0 spiro atoms. The van der Waals surface area contributed by atoms with Gasteiger partial charge in [0, 0.05) is 12.5 Å². The van der Waals surface area contributed by atoms with Gasteiger partial charge in [-0.3, -0.25) is 0 Å². The molecule has 3 rings (SSSR count). The van der Waals surface area contributed by atoms with Gasteiger partial charge in [-0.15, -0.1) is 0 Å². The highest BCUT2D eigenvalue weighted by Gasteiger charge is 2.45. The van der Waals surface area contributed by atoms with Crippen LogP contribution in [0.15, 0.2) is 34.9 Å². The molecule has 0 radical (unpaired) electrons. The standard InChI is InChI=1S/C25H40O/c1-17-6-9-21-18(2)7-10-22(21)19(3)8-11-24-23(20(4)16-26)13-15-25(24,5)14-12-17/h8-9,12,18,20,22-24,26H,6-7,10-11,13-16H2,1-5H3. The quantitative estimate of drug-likeness (QED) is 0.546. The first-order valence-corrected chi connectivity index (χ1v) is 11.0. The van der Waals surface area contributed by atoms with E-state index in [9.17, 15) is 5.11 Å². The van der Waals surface area contributed by atoms with Crippen molar-refractivity contribution in [3.8, 4) is 0 Å². The van der Waals surface area contributed by atoms with Crippen molar-refractivity contribution in [2.75, 3.05) is 6.61 Å². The highest BCUT2D eigenvalue weighted by Crippen LogP contribution is 2.54. The van der Waals surface area contributed by atoms with E-state index in [1.807, 2.05) is 0 Å². The summed E-state index contributed by atoms with van der Waals surface area (Å²) >= 11 is 0. The summed E-state index contributed by atoms with van der Waals surface area (Å²) in [5, 5.41) is 9.79. The van der Waals surface area contributed by atoms with Gasteiger partial charge in [-0.1, -0.05) is 55.7 Å². The molecular formula is C25H40O. The zero-order valence-corrected chi connectivity index (χ0v) is 17.7. The minimum absolute atomic E-state index is 0.335. The number of aliphatic hydroxyl groups is 1. The molecule has 0 aromatic carbocycles. The molecule has 0 aromatic rings. The minimum atomic E-state index is 0.335. The molecule has 1 heteroatoms. The van der Waals surface area contributed by atoms with Crippen molar-refractivity contribution in [2.45, 2.75) is 79.6 Å². The highest BCUT2D eigenvalue weighted by molar-refractivity contribution is 5.27. The molecule has 26 heavy (non-hydrogen) atoms. The third-order valence-electron chi connectivity index (χ3n) is 8.16. The highest BCUT2D eigenvalue weighted by atomic mass is 16.3. The fourth-order valence-electron chi connectivity index (χ4n) is 6.08. The Kier molecular flexibility index (Phi) is 6.17. The summed E-state index contributed by atoms with van der Waals surface area (Å²) in [7, 11) is 0. The number of allylic oxidation sites excluding steroid dienone is 6.